The molecule has 0 fully saturated rings. The molecule has 2 aromatic heterocycles. The van der Waals surface area contributed by atoms with Crippen LogP contribution in [0.15, 0.2) is 30.7 Å². The molecule has 3 aromatic rings. The summed E-state index contributed by atoms with van der Waals surface area (Å²) in [6.45, 7) is 1.96. The Bertz CT molecular complexity index is 825. The van der Waals surface area contributed by atoms with E-state index in [-0.39, 0.29) is 11.4 Å². The summed E-state index contributed by atoms with van der Waals surface area (Å²) >= 11 is 0. The van der Waals surface area contributed by atoms with Gasteiger partial charge in [0.05, 0.1) is 11.4 Å². The molecule has 2 N–H and O–H groups in total. The molecule has 0 amide bonds. The summed E-state index contributed by atoms with van der Waals surface area (Å²) in [6.07, 6.45) is 3.00. The summed E-state index contributed by atoms with van der Waals surface area (Å²) in [7, 11) is 0. The number of aryl methyl sites for hydroxylation is 1. The Kier molecular flexibility index (Phi) is 3.52. The van der Waals surface area contributed by atoms with Crippen molar-refractivity contribution in [2.24, 2.45) is 0 Å². The summed E-state index contributed by atoms with van der Waals surface area (Å²) in [5.41, 5.74) is 2.78. The van der Waals surface area contributed by atoms with E-state index in [2.05, 4.69) is 41.5 Å². The van der Waals surface area contributed by atoms with E-state index in [1.165, 1.54) is 17.2 Å². The van der Waals surface area contributed by atoms with Crippen molar-refractivity contribution in [2.45, 2.75) is 6.92 Å². The number of nitrogens with zero attached hydrogens (tertiary/aromatic N) is 8. The SMILES string of the molecule is Cc1ccc(-n2cnnn2)c(NC=C(C#N)c2nn[nH]n2)c1. The van der Waals surface area contributed by atoms with E-state index < -0.39 is 0 Å². The second kappa shape index (κ2) is 5.80. The van der Waals surface area contributed by atoms with Crippen LogP contribution in [0.3, 0.4) is 0 Å². The highest BCUT2D eigenvalue weighted by Gasteiger charge is 2.08. The van der Waals surface area contributed by atoms with Gasteiger partial charge in [0.25, 0.3) is 0 Å². The normalized spacial score (nSPS) is 11.2. The summed E-state index contributed by atoms with van der Waals surface area (Å²) in [4.78, 5) is 0. The van der Waals surface area contributed by atoms with Crippen LogP contribution in [0, 0.1) is 18.3 Å². The summed E-state index contributed by atoms with van der Waals surface area (Å²) in [5.74, 6) is 0.214. The van der Waals surface area contributed by atoms with Crippen molar-refractivity contribution in [3.05, 3.63) is 42.1 Å². The molecule has 108 valence electrons. The molecule has 0 bridgehead atoms. The van der Waals surface area contributed by atoms with Crippen LogP contribution >= 0.6 is 0 Å². The number of anilines is 1. The third-order valence-electron chi connectivity index (χ3n) is 2.83. The highest BCUT2D eigenvalue weighted by atomic mass is 15.5. The van der Waals surface area contributed by atoms with Crippen molar-refractivity contribution in [3.8, 4) is 11.8 Å². The fourth-order valence-electron chi connectivity index (χ4n) is 1.81. The van der Waals surface area contributed by atoms with Crippen molar-refractivity contribution in [1.29, 1.82) is 5.26 Å². The highest BCUT2D eigenvalue weighted by Crippen LogP contribution is 2.21. The lowest BCUT2D eigenvalue weighted by Crippen LogP contribution is -2.02. The molecule has 2 heterocycles. The van der Waals surface area contributed by atoms with Crippen LogP contribution in [-0.4, -0.2) is 40.8 Å². The fraction of sp³-hybridized carbons (Fsp3) is 0.0833. The molecule has 10 nitrogen and oxygen atoms in total. The fourth-order valence-corrected chi connectivity index (χ4v) is 1.81. The molecule has 1 aromatic carbocycles. The predicted octanol–water partition coefficient (Wildman–Crippen LogP) is 0.460. The van der Waals surface area contributed by atoms with Crippen LogP contribution in [-0.2, 0) is 0 Å². The highest BCUT2D eigenvalue weighted by molar-refractivity contribution is 5.75. The number of nitriles is 1. The van der Waals surface area contributed by atoms with Gasteiger partial charge in [0.15, 0.2) is 0 Å². The minimum absolute atomic E-state index is 0.214. The van der Waals surface area contributed by atoms with Gasteiger partial charge in [-0.3, -0.25) is 0 Å². The maximum atomic E-state index is 9.17. The molecular formula is C12H10N10. The van der Waals surface area contributed by atoms with Gasteiger partial charge in [-0.15, -0.1) is 15.3 Å². The minimum Gasteiger partial charge on any atom is -0.359 e. The monoisotopic (exact) mass is 294 g/mol. The van der Waals surface area contributed by atoms with Crippen molar-refractivity contribution < 1.29 is 0 Å². The van der Waals surface area contributed by atoms with Gasteiger partial charge in [0, 0.05) is 6.20 Å². The lowest BCUT2D eigenvalue weighted by atomic mass is 10.2. The minimum atomic E-state index is 0.214. The molecule has 0 saturated heterocycles. The second-order valence-corrected chi connectivity index (χ2v) is 4.32. The first-order chi connectivity index (χ1) is 10.8. The zero-order chi connectivity index (χ0) is 15.4. The van der Waals surface area contributed by atoms with E-state index in [4.69, 9.17) is 5.26 Å². The second-order valence-electron chi connectivity index (χ2n) is 4.32. The predicted molar refractivity (Wildman–Crippen MR) is 75.3 cm³/mol. The number of nitrogens with one attached hydrogen (secondary N) is 2. The maximum Gasteiger partial charge on any atom is 0.216 e. The zero-order valence-corrected chi connectivity index (χ0v) is 11.5. The summed E-state index contributed by atoms with van der Waals surface area (Å²) in [6, 6.07) is 7.74. The van der Waals surface area contributed by atoms with Crippen molar-refractivity contribution in [2.75, 3.05) is 5.32 Å². The number of tetrazole rings is 2. The summed E-state index contributed by atoms with van der Waals surface area (Å²) in [5, 5.41) is 36.6. The van der Waals surface area contributed by atoms with Gasteiger partial charge in [-0.25, -0.2) is 0 Å². The lowest BCUT2D eigenvalue weighted by molar-refractivity contribution is 0.790. The molecule has 0 aliphatic carbocycles. The molecule has 0 spiro atoms. The molecule has 10 heteroatoms. The number of benzene rings is 1. The Morgan fingerprint density at radius 2 is 2.36 bits per heavy atom. The molecule has 0 saturated carbocycles. The number of aromatic amines is 1. The third kappa shape index (κ3) is 2.63. The van der Waals surface area contributed by atoms with Crippen LogP contribution in [0.5, 0.6) is 0 Å². The number of aromatic nitrogens is 8. The van der Waals surface area contributed by atoms with E-state index in [1.807, 2.05) is 31.2 Å². The van der Waals surface area contributed by atoms with Gasteiger partial charge in [-0.2, -0.15) is 15.2 Å². The van der Waals surface area contributed by atoms with E-state index in [1.54, 1.807) is 0 Å². The molecule has 0 unspecified atom stereocenters. The first-order valence-corrected chi connectivity index (χ1v) is 6.22. The topological polar surface area (TPSA) is 134 Å². The Balaban J connectivity index is 1.95. The quantitative estimate of drug-likeness (QED) is 0.663. The van der Waals surface area contributed by atoms with Crippen LogP contribution in [0.4, 0.5) is 5.69 Å². The van der Waals surface area contributed by atoms with E-state index >= 15 is 0 Å². The van der Waals surface area contributed by atoms with E-state index in [0.29, 0.717) is 0 Å². The van der Waals surface area contributed by atoms with Gasteiger partial charge in [-0.05, 0) is 40.3 Å². The first-order valence-electron chi connectivity index (χ1n) is 6.22. The smallest absolute Gasteiger partial charge is 0.216 e. The van der Waals surface area contributed by atoms with Crippen LogP contribution < -0.4 is 5.32 Å². The van der Waals surface area contributed by atoms with Crippen molar-refractivity contribution >= 4 is 11.3 Å². The summed E-state index contributed by atoms with van der Waals surface area (Å²) < 4.78 is 1.52. The Morgan fingerprint density at radius 1 is 1.45 bits per heavy atom. The van der Waals surface area contributed by atoms with E-state index in [9.17, 15) is 0 Å². The van der Waals surface area contributed by atoms with Gasteiger partial charge >= 0.3 is 0 Å². The van der Waals surface area contributed by atoms with Crippen molar-refractivity contribution in [3.63, 3.8) is 0 Å². The molecule has 0 aliphatic rings. The lowest BCUT2D eigenvalue weighted by Gasteiger charge is -2.09. The van der Waals surface area contributed by atoms with E-state index in [0.717, 1.165) is 16.9 Å². The van der Waals surface area contributed by atoms with Crippen molar-refractivity contribution in [1.82, 2.24) is 40.8 Å². The van der Waals surface area contributed by atoms with Crippen LogP contribution in [0.25, 0.3) is 11.3 Å². The zero-order valence-electron chi connectivity index (χ0n) is 11.5. The first kappa shape index (κ1) is 13.4. The number of hydrogen-bond acceptors (Lipinski definition) is 8. The van der Waals surface area contributed by atoms with Gasteiger partial charge in [-0.1, -0.05) is 6.07 Å². The Morgan fingerprint density at radius 3 is 3.05 bits per heavy atom. The number of H-pyrrole nitrogens is 1. The van der Waals surface area contributed by atoms with Gasteiger partial charge < -0.3 is 5.32 Å². The average molecular weight is 294 g/mol. The molecule has 0 radical (unpaired) electrons. The maximum absolute atomic E-state index is 9.17. The Labute approximate surface area is 124 Å². The molecular weight excluding hydrogens is 284 g/mol. The standard InChI is InChI=1S/C12H10N10/c1-8-2-3-11(22-7-15-18-21-22)10(4-8)14-6-9(5-13)12-16-19-20-17-12/h2-4,6-7,14H,1H3,(H,16,17,19,20). The molecule has 0 aliphatic heterocycles. The molecule has 0 atom stereocenters. The molecule has 22 heavy (non-hydrogen) atoms. The largest absolute Gasteiger partial charge is 0.359 e. The Hall–Kier alpha value is -3.61. The molecule has 3 rings (SSSR count). The number of rotatable bonds is 4. The van der Waals surface area contributed by atoms with Gasteiger partial charge in [0.2, 0.25) is 5.82 Å². The average Bonchev–Trinajstić information content (AvgIpc) is 3.21. The third-order valence-corrected chi connectivity index (χ3v) is 2.83. The van der Waals surface area contributed by atoms with Gasteiger partial charge in [0.1, 0.15) is 18.0 Å². The number of allylic oxidation sites excluding steroid dienone is 1. The van der Waals surface area contributed by atoms with Crippen LogP contribution in [0.1, 0.15) is 11.4 Å². The number of hydrogen-bond donors (Lipinski definition) is 2. The van der Waals surface area contributed by atoms with Crippen LogP contribution in [0.2, 0.25) is 0 Å².